The minimum Gasteiger partial charge on any atom is -0.321 e. The summed E-state index contributed by atoms with van der Waals surface area (Å²) in [6.07, 6.45) is 0.927. The summed E-state index contributed by atoms with van der Waals surface area (Å²) in [5, 5.41) is 1.10. The van der Waals surface area contributed by atoms with E-state index in [0.717, 1.165) is 21.6 Å². The Morgan fingerprint density at radius 2 is 2.31 bits per heavy atom. The average molecular weight is 234 g/mol. The highest BCUT2D eigenvalue weighted by atomic mass is 32.1. The molecule has 2 N–H and O–H groups in total. The first-order valence-electron chi connectivity index (χ1n) is 5.31. The van der Waals surface area contributed by atoms with Crippen molar-refractivity contribution in [3.05, 3.63) is 28.8 Å². The van der Waals surface area contributed by atoms with Crippen LogP contribution in [0.15, 0.2) is 18.2 Å². The molecule has 3 nitrogen and oxygen atoms in total. The second kappa shape index (κ2) is 4.31. The Balaban J connectivity index is 2.47. The number of thiazole rings is 1. The standard InChI is InChI=1S/C12H14N2OS/c1-3-11-14-9-5-4-8(6-10(9)16-11)12(15)7(2)13/h4-7H,3,13H2,1-2H3. The van der Waals surface area contributed by atoms with E-state index in [9.17, 15) is 4.79 Å². The largest absolute Gasteiger partial charge is 0.321 e. The number of fused-ring (bicyclic) bond motifs is 1. The van der Waals surface area contributed by atoms with E-state index >= 15 is 0 Å². The summed E-state index contributed by atoms with van der Waals surface area (Å²) >= 11 is 1.64. The number of Topliss-reactive ketones (excluding diaryl/α,β-unsaturated/α-hetero) is 1. The lowest BCUT2D eigenvalue weighted by Gasteiger charge is -2.03. The highest BCUT2D eigenvalue weighted by molar-refractivity contribution is 7.18. The molecule has 84 valence electrons. The van der Waals surface area contributed by atoms with Gasteiger partial charge in [0.15, 0.2) is 5.78 Å². The molecule has 1 atom stereocenters. The van der Waals surface area contributed by atoms with Gasteiger partial charge >= 0.3 is 0 Å². The maximum absolute atomic E-state index is 11.7. The second-order valence-electron chi connectivity index (χ2n) is 3.80. The van der Waals surface area contributed by atoms with Crippen molar-refractivity contribution < 1.29 is 4.79 Å². The molecule has 1 heterocycles. The Hall–Kier alpha value is -1.26. The molecule has 16 heavy (non-hydrogen) atoms. The van der Waals surface area contributed by atoms with Crippen molar-refractivity contribution in [2.24, 2.45) is 5.73 Å². The van der Waals surface area contributed by atoms with Gasteiger partial charge in [0.2, 0.25) is 0 Å². The third kappa shape index (κ3) is 1.99. The molecule has 4 heteroatoms. The topological polar surface area (TPSA) is 56.0 Å². The molecule has 1 unspecified atom stereocenters. The van der Waals surface area contributed by atoms with Gasteiger partial charge in [0.05, 0.1) is 21.3 Å². The molecule has 0 bridgehead atoms. The van der Waals surface area contributed by atoms with Gasteiger partial charge in [-0.05, 0) is 31.5 Å². The predicted octanol–water partition coefficient (Wildman–Crippen LogP) is 2.39. The maximum atomic E-state index is 11.7. The van der Waals surface area contributed by atoms with E-state index in [0.29, 0.717) is 5.56 Å². The van der Waals surface area contributed by atoms with E-state index in [4.69, 9.17) is 5.73 Å². The molecule has 0 amide bonds. The Bertz CT molecular complexity index is 531. The van der Waals surface area contributed by atoms with Crippen LogP contribution < -0.4 is 5.73 Å². The van der Waals surface area contributed by atoms with E-state index in [1.807, 2.05) is 12.1 Å². The van der Waals surface area contributed by atoms with Gasteiger partial charge < -0.3 is 5.73 Å². The lowest BCUT2D eigenvalue weighted by atomic mass is 10.1. The number of rotatable bonds is 3. The molecule has 0 aliphatic heterocycles. The molecule has 0 saturated heterocycles. The lowest BCUT2D eigenvalue weighted by Crippen LogP contribution is -2.26. The Morgan fingerprint density at radius 3 is 2.94 bits per heavy atom. The third-order valence-electron chi connectivity index (χ3n) is 2.43. The van der Waals surface area contributed by atoms with Gasteiger partial charge in [-0.25, -0.2) is 4.98 Å². The summed E-state index contributed by atoms with van der Waals surface area (Å²) in [5.41, 5.74) is 7.22. The smallest absolute Gasteiger partial charge is 0.179 e. The van der Waals surface area contributed by atoms with Gasteiger partial charge in [-0.1, -0.05) is 6.92 Å². The molecular formula is C12H14N2OS. The summed E-state index contributed by atoms with van der Waals surface area (Å²) in [6, 6.07) is 5.13. The van der Waals surface area contributed by atoms with Crippen molar-refractivity contribution in [1.82, 2.24) is 4.98 Å². The van der Waals surface area contributed by atoms with E-state index in [2.05, 4.69) is 11.9 Å². The first-order valence-corrected chi connectivity index (χ1v) is 6.12. The summed E-state index contributed by atoms with van der Waals surface area (Å²) in [7, 11) is 0. The second-order valence-corrected chi connectivity index (χ2v) is 4.91. The molecule has 1 aromatic carbocycles. The Morgan fingerprint density at radius 1 is 1.56 bits per heavy atom. The van der Waals surface area contributed by atoms with Crippen molar-refractivity contribution in [2.45, 2.75) is 26.3 Å². The number of nitrogens with two attached hydrogens (primary N) is 1. The SMILES string of the molecule is CCc1nc2ccc(C(=O)C(C)N)cc2s1. The molecule has 0 aliphatic rings. The van der Waals surface area contributed by atoms with Gasteiger partial charge in [0.1, 0.15) is 0 Å². The quantitative estimate of drug-likeness (QED) is 0.830. The minimum absolute atomic E-state index is 0.0200. The zero-order chi connectivity index (χ0) is 11.7. The summed E-state index contributed by atoms with van der Waals surface area (Å²) in [6.45, 7) is 3.78. The lowest BCUT2D eigenvalue weighted by molar-refractivity contribution is 0.0968. The number of ketones is 1. The monoisotopic (exact) mass is 234 g/mol. The first-order chi connectivity index (χ1) is 7.61. The van der Waals surface area contributed by atoms with E-state index in [1.165, 1.54) is 0 Å². The van der Waals surface area contributed by atoms with Crippen molar-refractivity contribution in [3.63, 3.8) is 0 Å². The van der Waals surface area contributed by atoms with Crippen LogP contribution in [0.5, 0.6) is 0 Å². The van der Waals surface area contributed by atoms with E-state index in [1.54, 1.807) is 24.3 Å². The zero-order valence-corrected chi connectivity index (χ0v) is 10.2. The van der Waals surface area contributed by atoms with Crippen molar-refractivity contribution >= 4 is 27.3 Å². The van der Waals surface area contributed by atoms with E-state index < -0.39 is 6.04 Å². The average Bonchev–Trinajstić information content (AvgIpc) is 2.69. The third-order valence-corrected chi connectivity index (χ3v) is 3.60. The van der Waals surface area contributed by atoms with Gasteiger partial charge in [-0.3, -0.25) is 4.79 Å². The molecule has 1 aromatic heterocycles. The van der Waals surface area contributed by atoms with Crippen LogP contribution in [0.4, 0.5) is 0 Å². The Kier molecular flexibility index (Phi) is 3.03. The van der Waals surface area contributed by atoms with Crippen molar-refractivity contribution in [2.75, 3.05) is 0 Å². The van der Waals surface area contributed by atoms with E-state index in [-0.39, 0.29) is 5.78 Å². The fraction of sp³-hybridized carbons (Fsp3) is 0.333. The molecular weight excluding hydrogens is 220 g/mol. The minimum atomic E-state index is -0.448. The number of benzene rings is 1. The molecule has 0 aliphatic carbocycles. The number of nitrogens with zero attached hydrogens (tertiary/aromatic N) is 1. The van der Waals surface area contributed by atoms with Crippen LogP contribution in [0.2, 0.25) is 0 Å². The van der Waals surface area contributed by atoms with Crippen LogP contribution in [0.3, 0.4) is 0 Å². The highest BCUT2D eigenvalue weighted by Crippen LogP contribution is 2.23. The van der Waals surface area contributed by atoms with Crippen LogP contribution in [0.25, 0.3) is 10.2 Å². The number of aromatic nitrogens is 1. The fourth-order valence-corrected chi connectivity index (χ4v) is 2.49. The first kappa shape index (κ1) is 11.2. The highest BCUT2D eigenvalue weighted by Gasteiger charge is 2.12. The maximum Gasteiger partial charge on any atom is 0.179 e. The van der Waals surface area contributed by atoms with Crippen LogP contribution in [-0.2, 0) is 6.42 Å². The molecule has 0 fully saturated rings. The molecule has 0 radical (unpaired) electrons. The summed E-state index contributed by atoms with van der Waals surface area (Å²) in [4.78, 5) is 16.2. The predicted molar refractivity (Wildman–Crippen MR) is 67.0 cm³/mol. The van der Waals surface area contributed by atoms with Crippen LogP contribution in [-0.4, -0.2) is 16.8 Å². The van der Waals surface area contributed by atoms with Crippen LogP contribution in [0, 0.1) is 0 Å². The van der Waals surface area contributed by atoms with Gasteiger partial charge in [-0.2, -0.15) is 0 Å². The summed E-state index contributed by atoms with van der Waals surface area (Å²) in [5.74, 6) is -0.0200. The van der Waals surface area contributed by atoms with Gasteiger partial charge in [-0.15, -0.1) is 11.3 Å². The zero-order valence-electron chi connectivity index (χ0n) is 9.36. The molecule has 2 rings (SSSR count). The van der Waals surface area contributed by atoms with Crippen molar-refractivity contribution in [3.8, 4) is 0 Å². The number of carbonyl (C=O) groups is 1. The normalized spacial score (nSPS) is 12.9. The summed E-state index contributed by atoms with van der Waals surface area (Å²) < 4.78 is 1.06. The van der Waals surface area contributed by atoms with Gasteiger partial charge in [0, 0.05) is 5.56 Å². The number of aryl methyl sites for hydroxylation is 1. The number of hydrogen-bond donors (Lipinski definition) is 1. The van der Waals surface area contributed by atoms with Crippen molar-refractivity contribution in [1.29, 1.82) is 0 Å². The molecule has 0 saturated carbocycles. The Labute approximate surface area is 98.3 Å². The fourth-order valence-electron chi connectivity index (χ4n) is 1.54. The van der Waals surface area contributed by atoms with Crippen LogP contribution >= 0.6 is 11.3 Å². The number of hydrogen-bond acceptors (Lipinski definition) is 4. The number of carbonyl (C=O) groups excluding carboxylic acids is 1. The molecule has 2 aromatic rings. The van der Waals surface area contributed by atoms with Gasteiger partial charge in [0.25, 0.3) is 0 Å². The van der Waals surface area contributed by atoms with Crippen LogP contribution in [0.1, 0.15) is 29.2 Å². The molecule has 0 spiro atoms.